The molecule has 8 nitrogen and oxygen atoms in total. The van der Waals surface area contributed by atoms with Crippen LogP contribution in [0.15, 0.2) is 54.7 Å². The number of likely N-dealkylation sites (N-methyl/N-ethyl adjacent to an activating group) is 1. The molecule has 2 aromatic heterocycles. The summed E-state index contributed by atoms with van der Waals surface area (Å²) in [7, 11) is 0.997. The minimum Gasteiger partial charge on any atom is -0.489 e. The molecule has 0 spiro atoms. The van der Waals surface area contributed by atoms with E-state index in [4.69, 9.17) is 14.2 Å². The molecule has 2 aromatic carbocycles. The SMILES string of the molecule is COCOc1cccc(Nc2c(C)cnc3[nH]c(-c4ccc(O[C@@H]5CCN(C)C5)cc4)cc23)c1P(C)(C)=O. The number of H-pyrrole nitrogens is 1. The second-order valence-corrected chi connectivity index (χ2v) is 13.4. The Morgan fingerprint density at radius 1 is 1.18 bits per heavy atom. The quantitative estimate of drug-likeness (QED) is 0.214. The molecule has 1 aliphatic rings. The minimum atomic E-state index is -2.69. The Labute approximate surface area is 223 Å². The van der Waals surface area contributed by atoms with E-state index in [-0.39, 0.29) is 12.9 Å². The molecule has 200 valence electrons. The van der Waals surface area contributed by atoms with Gasteiger partial charge in [0, 0.05) is 37.5 Å². The first-order valence-electron chi connectivity index (χ1n) is 12.7. The number of aromatic amines is 1. The molecular formula is C29H35N4O4P. The van der Waals surface area contributed by atoms with Crippen molar-refractivity contribution < 1.29 is 18.8 Å². The first kappa shape index (κ1) is 26.3. The van der Waals surface area contributed by atoms with Crippen molar-refractivity contribution in [1.29, 1.82) is 0 Å². The van der Waals surface area contributed by atoms with Crippen LogP contribution in [0, 0.1) is 6.92 Å². The van der Waals surface area contributed by atoms with Gasteiger partial charge in [0.1, 0.15) is 30.4 Å². The molecule has 4 aromatic rings. The van der Waals surface area contributed by atoms with E-state index in [0.29, 0.717) is 11.1 Å². The van der Waals surface area contributed by atoms with Crippen LogP contribution in [0.25, 0.3) is 22.3 Å². The van der Waals surface area contributed by atoms with Gasteiger partial charge in [0.15, 0.2) is 6.79 Å². The van der Waals surface area contributed by atoms with Crippen molar-refractivity contribution >= 4 is 34.9 Å². The smallest absolute Gasteiger partial charge is 0.188 e. The van der Waals surface area contributed by atoms with Gasteiger partial charge in [-0.25, -0.2) is 4.98 Å². The highest BCUT2D eigenvalue weighted by Gasteiger charge is 2.24. The maximum atomic E-state index is 13.3. The summed E-state index contributed by atoms with van der Waals surface area (Å²) in [4.78, 5) is 10.4. The molecule has 9 heteroatoms. The van der Waals surface area contributed by atoms with Gasteiger partial charge in [-0.15, -0.1) is 0 Å². The minimum absolute atomic E-state index is 0.0810. The monoisotopic (exact) mass is 534 g/mol. The highest BCUT2D eigenvalue weighted by Crippen LogP contribution is 2.43. The summed E-state index contributed by atoms with van der Waals surface area (Å²) in [6, 6.07) is 15.9. The van der Waals surface area contributed by atoms with E-state index in [1.165, 1.54) is 0 Å². The van der Waals surface area contributed by atoms with E-state index in [9.17, 15) is 4.57 Å². The highest BCUT2D eigenvalue weighted by atomic mass is 31.2. The third-order valence-corrected chi connectivity index (χ3v) is 8.33. The van der Waals surface area contributed by atoms with Crippen LogP contribution in [-0.2, 0) is 9.30 Å². The fraction of sp³-hybridized carbons (Fsp3) is 0.345. The summed E-state index contributed by atoms with van der Waals surface area (Å²) in [5, 5.41) is 5.15. The van der Waals surface area contributed by atoms with Crippen LogP contribution < -0.4 is 20.1 Å². The van der Waals surface area contributed by atoms with Gasteiger partial charge in [0.05, 0.1) is 16.7 Å². The van der Waals surface area contributed by atoms with E-state index in [0.717, 1.165) is 64.5 Å². The van der Waals surface area contributed by atoms with E-state index < -0.39 is 7.14 Å². The Hall–Kier alpha value is -3.32. The maximum Gasteiger partial charge on any atom is 0.188 e. The molecule has 1 saturated heterocycles. The van der Waals surface area contributed by atoms with Crippen molar-refractivity contribution in [1.82, 2.24) is 14.9 Å². The van der Waals surface area contributed by atoms with Gasteiger partial charge >= 0.3 is 0 Å². The van der Waals surface area contributed by atoms with Gasteiger partial charge in [-0.1, -0.05) is 6.07 Å². The number of ether oxygens (including phenoxy) is 3. The normalized spacial score (nSPS) is 16.2. The van der Waals surface area contributed by atoms with Gasteiger partial charge in [-0.05, 0) is 87.3 Å². The Bertz CT molecular complexity index is 1480. The molecular weight excluding hydrogens is 499 g/mol. The molecule has 3 heterocycles. The zero-order valence-electron chi connectivity index (χ0n) is 22.6. The highest BCUT2D eigenvalue weighted by molar-refractivity contribution is 7.70. The average molecular weight is 535 g/mol. The number of nitrogens with one attached hydrogen (secondary N) is 2. The number of hydrogen-bond donors (Lipinski definition) is 2. The molecule has 0 radical (unpaired) electrons. The summed E-state index contributed by atoms with van der Waals surface area (Å²) in [6.45, 7) is 7.61. The summed E-state index contributed by atoms with van der Waals surface area (Å²) >= 11 is 0. The van der Waals surface area contributed by atoms with Gasteiger partial charge in [0.25, 0.3) is 0 Å². The topological polar surface area (TPSA) is 88.7 Å². The van der Waals surface area contributed by atoms with E-state index in [1.54, 1.807) is 20.4 Å². The first-order chi connectivity index (χ1) is 18.2. The second-order valence-electron chi connectivity index (χ2n) is 10.3. The van der Waals surface area contributed by atoms with Crippen LogP contribution in [-0.4, -0.2) is 68.3 Å². The zero-order chi connectivity index (χ0) is 26.9. The predicted octanol–water partition coefficient (Wildman–Crippen LogP) is 5.60. The molecule has 0 saturated carbocycles. The lowest BCUT2D eigenvalue weighted by molar-refractivity contribution is 0.0519. The number of pyridine rings is 1. The van der Waals surface area contributed by atoms with Crippen LogP contribution >= 0.6 is 7.14 Å². The van der Waals surface area contributed by atoms with Crippen LogP contribution in [0.4, 0.5) is 11.4 Å². The van der Waals surface area contributed by atoms with Crippen molar-refractivity contribution in [2.45, 2.75) is 19.4 Å². The van der Waals surface area contributed by atoms with E-state index >= 15 is 0 Å². The predicted molar refractivity (Wildman–Crippen MR) is 154 cm³/mol. The Kier molecular flexibility index (Phi) is 7.48. The molecule has 1 atom stereocenters. The van der Waals surface area contributed by atoms with Crippen molar-refractivity contribution in [3.63, 3.8) is 0 Å². The van der Waals surface area contributed by atoms with Crippen LogP contribution in [0.2, 0.25) is 0 Å². The van der Waals surface area contributed by atoms with Crippen molar-refractivity contribution in [3.8, 4) is 22.8 Å². The summed E-state index contributed by atoms with van der Waals surface area (Å²) < 4.78 is 30.3. The lowest BCUT2D eigenvalue weighted by atomic mass is 10.1. The number of rotatable bonds is 9. The number of anilines is 2. The van der Waals surface area contributed by atoms with Crippen LogP contribution in [0.5, 0.6) is 11.5 Å². The number of hydrogen-bond acceptors (Lipinski definition) is 7. The Morgan fingerprint density at radius 3 is 2.66 bits per heavy atom. The number of likely N-dealkylation sites (tertiary alicyclic amines) is 1. The number of nitrogens with zero attached hydrogens (tertiary/aromatic N) is 2. The van der Waals surface area contributed by atoms with Crippen molar-refractivity contribution in [2.24, 2.45) is 0 Å². The molecule has 1 fully saturated rings. The third-order valence-electron chi connectivity index (χ3n) is 6.79. The molecule has 1 aliphatic heterocycles. The maximum absolute atomic E-state index is 13.3. The fourth-order valence-electron chi connectivity index (χ4n) is 4.94. The Morgan fingerprint density at radius 2 is 1.97 bits per heavy atom. The molecule has 38 heavy (non-hydrogen) atoms. The number of methoxy groups -OCH3 is 1. The van der Waals surface area contributed by atoms with Crippen molar-refractivity contribution in [2.75, 3.05) is 52.7 Å². The van der Waals surface area contributed by atoms with Gasteiger partial charge in [-0.3, -0.25) is 0 Å². The Balaban J connectivity index is 1.46. The van der Waals surface area contributed by atoms with Crippen LogP contribution in [0.1, 0.15) is 12.0 Å². The molecule has 0 aliphatic carbocycles. The standard InChI is InChI=1S/C29H35N4O4P/c1-19-16-30-29-23(27(19)31-24-7-6-8-26(36-18-35-3)28(24)38(4,5)34)15-25(32-29)20-9-11-21(12-10-20)37-22-13-14-33(2)17-22/h6-12,15-16,22H,13-14,17-18H2,1-5H3,(H2,30,31,32)/t22-/m1/s1. The number of fused-ring (bicyclic) bond motifs is 1. The number of aryl methyl sites for hydroxylation is 1. The van der Waals surface area contributed by atoms with Crippen molar-refractivity contribution in [3.05, 3.63) is 60.3 Å². The van der Waals surface area contributed by atoms with E-state index in [2.05, 4.69) is 45.4 Å². The van der Waals surface area contributed by atoms with Gasteiger partial charge in [-0.2, -0.15) is 0 Å². The van der Waals surface area contributed by atoms with Gasteiger partial charge in [0.2, 0.25) is 0 Å². The molecule has 5 rings (SSSR count). The largest absolute Gasteiger partial charge is 0.489 e. The molecule has 0 bridgehead atoms. The van der Waals surface area contributed by atoms with E-state index in [1.807, 2.05) is 43.5 Å². The average Bonchev–Trinajstić information content (AvgIpc) is 3.50. The molecule has 2 N–H and O–H groups in total. The second kappa shape index (κ2) is 10.8. The third kappa shape index (κ3) is 5.58. The number of benzene rings is 2. The summed E-state index contributed by atoms with van der Waals surface area (Å²) in [5.41, 5.74) is 5.40. The number of aromatic nitrogens is 2. The summed E-state index contributed by atoms with van der Waals surface area (Å²) in [5.74, 6) is 1.43. The molecule has 0 unspecified atom stereocenters. The lowest BCUT2D eigenvalue weighted by Gasteiger charge is -2.20. The zero-order valence-corrected chi connectivity index (χ0v) is 23.5. The first-order valence-corrected chi connectivity index (χ1v) is 15.3. The summed E-state index contributed by atoms with van der Waals surface area (Å²) in [6.07, 6.45) is 3.13. The lowest BCUT2D eigenvalue weighted by Crippen LogP contribution is -2.21. The van der Waals surface area contributed by atoms with Crippen LogP contribution in [0.3, 0.4) is 0 Å². The molecule has 0 amide bonds. The fourth-order valence-corrected chi connectivity index (χ4v) is 6.32. The van der Waals surface area contributed by atoms with Gasteiger partial charge < -0.3 is 34.0 Å².